The Morgan fingerprint density at radius 3 is 2.82 bits per heavy atom. The van der Waals surface area contributed by atoms with Gasteiger partial charge in [0.2, 0.25) is 0 Å². The first-order valence-corrected chi connectivity index (χ1v) is 9.53. The largest absolute Gasteiger partial charge is 0.365 e. The summed E-state index contributed by atoms with van der Waals surface area (Å²) in [6, 6.07) is 0.155. The monoisotopic (exact) mass is 322 g/mol. The number of piperidine rings is 1. The van der Waals surface area contributed by atoms with Gasteiger partial charge in [-0.05, 0) is 38.5 Å². The molecule has 5 heteroatoms. The SMILES string of the molecule is CC[C@@H](OC1CCCC1)C(=O)N1CCCC[C@H]1c1nccs1. The van der Waals surface area contributed by atoms with Gasteiger partial charge >= 0.3 is 0 Å². The molecule has 0 N–H and O–H groups in total. The maximum atomic E-state index is 13.0. The van der Waals surface area contributed by atoms with Crippen molar-refractivity contribution in [3.05, 3.63) is 16.6 Å². The maximum absolute atomic E-state index is 13.0. The van der Waals surface area contributed by atoms with Crippen molar-refractivity contribution >= 4 is 17.2 Å². The molecule has 4 nitrogen and oxygen atoms in total. The Bertz CT molecular complexity index is 471. The van der Waals surface area contributed by atoms with Crippen molar-refractivity contribution in [2.75, 3.05) is 6.54 Å². The number of rotatable bonds is 5. The Balaban J connectivity index is 1.69. The van der Waals surface area contributed by atoms with Crippen LogP contribution in [0.1, 0.15) is 69.3 Å². The van der Waals surface area contributed by atoms with Gasteiger partial charge in [-0.15, -0.1) is 11.3 Å². The number of likely N-dealkylation sites (tertiary alicyclic amines) is 1. The average Bonchev–Trinajstić information content (AvgIpc) is 3.25. The van der Waals surface area contributed by atoms with Crippen LogP contribution in [-0.4, -0.2) is 34.5 Å². The molecule has 1 aromatic heterocycles. The lowest BCUT2D eigenvalue weighted by Crippen LogP contribution is -2.45. The highest BCUT2D eigenvalue weighted by Gasteiger charge is 2.34. The van der Waals surface area contributed by atoms with E-state index in [2.05, 4.69) is 11.9 Å². The Kier molecular flexibility index (Phi) is 5.47. The lowest BCUT2D eigenvalue weighted by atomic mass is 10.0. The van der Waals surface area contributed by atoms with Crippen LogP contribution in [0.4, 0.5) is 0 Å². The number of hydrogen-bond acceptors (Lipinski definition) is 4. The highest BCUT2D eigenvalue weighted by atomic mass is 32.1. The first-order chi connectivity index (χ1) is 10.8. The summed E-state index contributed by atoms with van der Waals surface area (Å²) in [6.07, 6.45) is 10.6. The summed E-state index contributed by atoms with van der Waals surface area (Å²) >= 11 is 1.66. The smallest absolute Gasteiger partial charge is 0.252 e. The van der Waals surface area contributed by atoms with E-state index in [1.165, 1.54) is 19.3 Å². The van der Waals surface area contributed by atoms with Gasteiger partial charge in [-0.25, -0.2) is 4.98 Å². The predicted molar refractivity (Wildman–Crippen MR) is 87.8 cm³/mol. The summed E-state index contributed by atoms with van der Waals surface area (Å²) in [4.78, 5) is 19.5. The van der Waals surface area contributed by atoms with Crippen molar-refractivity contribution in [1.82, 2.24) is 9.88 Å². The first-order valence-electron chi connectivity index (χ1n) is 8.65. The molecule has 0 aromatic carbocycles. The standard InChI is InChI=1S/C17H26N2O2S/c1-2-15(21-13-7-3-4-8-13)17(20)19-11-6-5-9-14(19)16-18-10-12-22-16/h10,12-15H,2-9,11H2,1H3/t14-,15+/m0/s1. The molecule has 3 rings (SSSR count). The average molecular weight is 322 g/mol. The first kappa shape index (κ1) is 15.9. The molecule has 0 unspecified atom stereocenters. The minimum atomic E-state index is -0.274. The van der Waals surface area contributed by atoms with Crippen molar-refractivity contribution in [1.29, 1.82) is 0 Å². The number of thiazole rings is 1. The summed E-state index contributed by atoms with van der Waals surface area (Å²) in [5.74, 6) is 0.175. The number of ether oxygens (including phenoxy) is 1. The normalized spacial score (nSPS) is 24.6. The lowest BCUT2D eigenvalue weighted by molar-refractivity contribution is -0.151. The van der Waals surface area contributed by atoms with Crippen molar-refractivity contribution in [2.24, 2.45) is 0 Å². The van der Waals surface area contributed by atoms with Crippen LogP contribution in [0.2, 0.25) is 0 Å². The molecule has 2 fully saturated rings. The van der Waals surface area contributed by atoms with Crippen LogP contribution in [0, 0.1) is 0 Å². The highest BCUT2D eigenvalue weighted by Crippen LogP contribution is 2.33. The highest BCUT2D eigenvalue weighted by molar-refractivity contribution is 7.09. The Morgan fingerprint density at radius 1 is 1.36 bits per heavy atom. The van der Waals surface area contributed by atoms with Crippen molar-refractivity contribution in [3.63, 3.8) is 0 Å². The van der Waals surface area contributed by atoms with E-state index in [-0.39, 0.29) is 24.2 Å². The van der Waals surface area contributed by atoms with Crippen molar-refractivity contribution in [2.45, 2.75) is 76.5 Å². The van der Waals surface area contributed by atoms with Gasteiger partial charge in [-0.1, -0.05) is 19.8 Å². The molecule has 2 heterocycles. The van der Waals surface area contributed by atoms with E-state index >= 15 is 0 Å². The van der Waals surface area contributed by atoms with Crippen LogP contribution >= 0.6 is 11.3 Å². The molecule has 1 aromatic rings. The van der Waals surface area contributed by atoms with E-state index in [9.17, 15) is 4.79 Å². The summed E-state index contributed by atoms with van der Waals surface area (Å²) < 4.78 is 6.13. The molecule has 122 valence electrons. The fraction of sp³-hybridized carbons (Fsp3) is 0.765. The fourth-order valence-corrected chi connectivity index (χ4v) is 4.41. The van der Waals surface area contributed by atoms with E-state index < -0.39 is 0 Å². The number of hydrogen-bond donors (Lipinski definition) is 0. The van der Waals surface area contributed by atoms with Gasteiger partial charge < -0.3 is 9.64 Å². The van der Waals surface area contributed by atoms with E-state index in [4.69, 9.17) is 4.74 Å². The van der Waals surface area contributed by atoms with Crippen molar-refractivity contribution < 1.29 is 9.53 Å². The van der Waals surface area contributed by atoms with E-state index in [1.54, 1.807) is 11.3 Å². The van der Waals surface area contributed by atoms with E-state index in [0.717, 1.165) is 43.7 Å². The Hall–Kier alpha value is -0.940. The number of carbonyl (C=O) groups excluding carboxylic acids is 1. The van der Waals surface area contributed by atoms with Crippen LogP contribution < -0.4 is 0 Å². The predicted octanol–water partition coefficient (Wildman–Crippen LogP) is 3.93. The molecule has 1 saturated heterocycles. The van der Waals surface area contributed by atoms with Crippen LogP contribution in [0.3, 0.4) is 0 Å². The zero-order valence-electron chi connectivity index (χ0n) is 13.4. The minimum Gasteiger partial charge on any atom is -0.365 e. The van der Waals surface area contributed by atoms with Crippen LogP contribution in [0.15, 0.2) is 11.6 Å². The van der Waals surface area contributed by atoms with Gasteiger partial charge in [-0.2, -0.15) is 0 Å². The van der Waals surface area contributed by atoms with E-state index in [0.29, 0.717) is 0 Å². The van der Waals surface area contributed by atoms with Crippen LogP contribution in [0.5, 0.6) is 0 Å². The molecule has 1 saturated carbocycles. The topological polar surface area (TPSA) is 42.4 Å². The fourth-order valence-electron chi connectivity index (χ4n) is 3.62. The Labute approximate surface area is 136 Å². The summed E-state index contributed by atoms with van der Waals surface area (Å²) in [7, 11) is 0. The number of amides is 1. The van der Waals surface area contributed by atoms with Gasteiger partial charge in [0.1, 0.15) is 11.1 Å². The summed E-state index contributed by atoms with van der Waals surface area (Å²) in [5, 5.41) is 3.07. The summed E-state index contributed by atoms with van der Waals surface area (Å²) in [6.45, 7) is 2.90. The van der Waals surface area contributed by atoms with Gasteiger partial charge in [0.15, 0.2) is 0 Å². The number of nitrogens with zero attached hydrogens (tertiary/aromatic N) is 2. The van der Waals surface area contributed by atoms with Crippen LogP contribution in [-0.2, 0) is 9.53 Å². The van der Waals surface area contributed by atoms with Crippen LogP contribution in [0.25, 0.3) is 0 Å². The third-order valence-electron chi connectivity index (χ3n) is 4.83. The third kappa shape index (κ3) is 3.51. The minimum absolute atomic E-state index is 0.155. The van der Waals surface area contributed by atoms with Gasteiger partial charge in [-0.3, -0.25) is 4.79 Å². The molecule has 0 spiro atoms. The number of aromatic nitrogens is 1. The van der Waals surface area contributed by atoms with E-state index in [1.807, 2.05) is 16.5 Å². The molecule has 1 amide bonds. The third-order valence-corrected chi connectivity index (χ3v) is 5.70. The molecular weight excluding hydrogens is 296 g/mol. The van der Waals surface area contributed by atoms with Crippen molar-refractivity contribution in [3.8, 4) is 0 Å². The molecule has 2 aliphatic rings. The molecule has 0 radical (unpaired) electrons. The quantitative estimate of drug-likeness (QED) is 0.825. The number of carbonyl (C=O) groups is 1. The maximum Gasteiger partial charge on any atom is 0.252 e. The molecule has 22 heavy (non-hydrogen) atoms. The second kappa shape index (κ2) is 7.55. The molecule has 0 bridgehead atoms. The zero-order valence-corrected chi connectivity index (χ0v) is 14.2. The lowest BCUT2D eigenvalue weighted by Gasteiger charge is -2.37. The van der Waals surface area contributed by atoms with Gasteiger partial charge in [0.25, 0.3) is 5.91 Å². The second-order valence-electron chi connectivity index (χ2n) is 6.35. The Morgan fingerprint density at radius 2 is 2.14 bits per heavy atom. The molecule has 1 aliphatic heterocycles. The van der Waals surface area contributed by atoms with Gasteiger partial charge in [0, 0.05) is 18.1 Å². The molecular formula is C17H26N2O2S. The van der Waals surface area contributed by atoms with Gasteiger partial charge in [0.05, 0.1) is 12.1 Å². The summed E-state index contributed by atoms with van der Waals surface area (Å²) in [5.41, 5.74) is 0. The second-order valence-corrected chi connectivity index (χ2v) is 7.28. The zero-order chi connectivity index (χ0) is 15.4. The molecule has 2 atom stereocenters. The molecule has 1 aliphatic carbocycles.